The summed E-state index contributed by atoms with van der Waals surface area (Å²) in [5.74, 6) is 1.04. The molecule has 0 fully saturated rings. The van der Waals surface area contributed by atoms with Crippen molar-refractivity contribution in [3.8, 4) is 5.75 Å². The minimum Gasteiger partial charge on any atom is -0.433 e. The molecule has 2 nitrogen and oxygen atoms in total. The highest BCUT2D eigenvalue weighted by Gasteiger charge is 2.27. The fraction of sp³-hybridized carbons (Fsp3) is 0.316. The molecule has 21 heavy (non-hydrogen) atoms. The third-order valence-corrected chi connectivity index (χ3v) is 4.50. The Morgan fingerprint density at radius 3 is 2.48 bits per heavy atom. The summed E-state index contributed by atoms with van der Waals surface area (Å²) in [6, 6.07) is 15.0. The molecule has 0 aromatic heterocycles. The normalized spacial score (nSPS) is 20.0. The number of benzene rings is 2. The Morgan fingerprint density at radius 2 is 1.71 bits per heavy atom. The second-order valence-electron chi connectivity index (χ2n) is 5.95. The topological polar surface area (TPSA) is 12.2 Å². The molecule has 1 heterocycles. The van der Waals surface area contributed by atoms with Gasteiger partial charge in [0.2, 0.25) is 5.69 Å². The molecule has 2 aliphatic rings. The first-order valence-electron chi connectivity index (χ1n) is 7.82. The summed E-state index contributed by atoms with van der Waals surface area (Å²) in [5.41, 5.74) is 5.36. The predicted molar refractivity (Wildman–Crippen MR) is 84.7 cm³/mol. The third kappa shape index (κ3) is 2.25. The fourth-order valence-electron chi connectivity index (χ4n) is 3.37. The van der Waals surface area contributed by atoms with Gasteiger partial charge < -0.3 is 4.74 Å². The lowest BCUT2D eigenvalue weighted by Gasteiger charge is -2.23. The van der Waals surface area contributed by atoms with Crippen LogP contribution in [0.1, 0.15) is 36.5 Å². The van der Waals surface area contributed by atoms with Crippen molar-refractivity contribution < 1.29 is 9.31 Å². The first-order chi connectivity index (χ1) is 10.3. The third-order valence-electron chi connectivity index (χ3n) is 4.50. The number of nitrogens with zero attached hydrogens (tertiary/aromatic N) is 1. The van der Waals surface area contributed by atoms with Crippen LogP contribution in [0, 0.1) is 0 Å². The minimum absolute atomic E-state index is 0.0292. The van der Waals surface area contributed by atoms with Gasteiger partial charge in [-0.25, -0.2) is 0 Å². The maximum absolute atomic E-state index is 6.16. The zero-order valence-corrected chi connectivity index (χ0v) is 12.4. The number of fused-ring (bicyclic) bond motifs is 2. The van der Waals surface area contributed by atoms with Crippen LogP contribution in [0.2, 0.25) is 0 Å². The van der Waals surface area contributed by atoms with Crippen LogP contribution in [-0.2, 0) is 12.8 Å². The van der Waals surface area contributed by atoms with E-state index in [0.717, 1.165) is 5.75 Å². The highest BCUT2D eigenvalue weighted by atomic mass is 16.5. The Kier molecular flexibility index (Phi) is 3.03. The lowest BCUT2D eigenvalue weighted by molar-refractivity contribution is -0.522. The van der Waals surface area contributed by atoms with Crippen molar-refractivity contribution in [1.82, 2.24) is 0 Å². The molecule has 0 amide bonds. The Hall–Kier alpha value is -2.09. The molecule has 1 aliphatic heterocycles. The molecule has 4 rings (SSSR count). The molecular weight excluding hydrogens is 258 g/mol. The molecule has 2 heteroatoms. The molecule has 2 aromatic rings. The second kappa shape index (κ2) is 5.03. The highest BCUT2D eigenvalue weighted by molar-refractivity contribution is 5.82. The minimum atomic E-state index is 0.0292. The van der Waals surface area contributed by atoms with E-state index in [1.165, 1.54) is 48.1 Å². The van der Waals surface area contributed by atoms with Crippen LogP contribution in [-0.4, -0.2) is 17.0 Å². The van der Waals surface area contributed by atoms with Gasteiger partial charge in [0, 0.05) is 19.1 Å². The van der Waals surface area contributed by atoms with Crippen LogP contribution < -0.4 is 4.74 Å². The Bertz CT molecular complexity index is 703. The average Bonchev–Trinajstić information content (AvgIpc) is 2.53. The predicted octanol–water partition coefficient (Wildman–Crippen LogP) is 4.07. The van der Waals surface area contributed by atoms with Crippen LogP contribution in [0.15, 0.2) is 42.5 Å². The molecule has 2 aromatic carbocycles. The molecule has 1 aliphatic carbocycles. The van der Waals surface area contributed by atoms with Gasteiger partial charge in [-0.1, -0.05) is 18.2 Å². The van der Waals surface area contributed by atoms with E-state index in [9.17, 15) is 0 Å². The van der Waals surface area contributed by atoms with Gasteiger partial charge in [-0.15, -0.1) is 0 Å². The molecule has 0 spiro atoms. The maximum atomic E-state index is 6.16. The number of aryl methyl sites for hydroxylation is 2. The van der Waals surface area contributed by atoms with E-state index in [4.69, 9.17) is 4.74 Å². The molecule has 106 valence electrons. The monoisotopic (exact) mass is 278 g/mol. The average molecular weight is 278 g/mol. The summed E-state index contributed by atoms with van der Waals surface area (Å²) in [6.07, 6.45) is 7.28. The SMILES string of the molecule is CC1Oc2cc3c(cc2C=[N+]1c1ccccc1)CCCC3. The molecular formula is C19H20NO+. The van der Waals surface area contributed by atoms with Gasteiger partial charge in [0.15, 0.2) is 6.21 Å². The van der Waals surface area contributed by atoms with Gasteiger partial charge in [0.25, 0.3) is 6.23 Å². The largest absolute Gasteiger partial charge is 0.433 e. The molecule has 0 radical (unpaired) electrons. The highest BCUT2D eigenvalue weighted by Crippen LogP contribution is 2.32. The van der Waals surface area contributed by atoms with E-state index in [1.807, 2.05) is 6.07 Å². The summed E-state index contributed by atoms with van der Waals surface area (Å²) in [5, 5.41) is 0. The molecule has 0 saturated carbocycles. The Labute approximate surface area is 125 Å². The van der Waals surface area contributed by atoms with Crippen molar-refractivity contribution in [2.24, 2.45) is 0 Å². The Balaban J connectivity index is 1.81. The smallest absolute Gasteiger partial charge is 0.299 e. The second-order valence-corrected chi connectivity index (χ2v) is 5.95. The van der Waals surface area contributed by atoms with Crippen LogP contribution in [0.25, 0.3) is 0 Å². The van der Waals surface area contributed by atoms with Crippen molar-refractivity contribution in [3.05, 3.63) is 59.2 Å². The number of hydrogen-bond acceptors (Lipinski definition) is 1. The molecule has 1 unspecified atom stereocenters. The number of rotatable bonds is 1. The van der Waals surface area contributed by atoms with Crippen molar-refractivity contribution >= 4 is 11.9 Å². The fourth-order valence-corrected chi connectivity index (χ4v) is 3.37. The van der Waals surface area contributed by atoms with E-state index in [0.29, 0.717) is 0 Å². The van der Waals surface area contributed by atoms with Crippen molar-refractivity contribution in [3.63, 3.8) is 0 Å². The lowest BCUT2D eigenvalue weighted by atomic mass is 9.90. The van der Waals surface area contributed by atoms with Crippen LogP contribution in [0.5, 0.6) is 5.75 Å². The van der Waals surface area contributed by atoms with Crippen LogP contribution in [0.4, 0.5) is 5.69 Å². The summed E-state index contributed by atoms with van der Waals surface area (Å²) < 4.78 is 8.37. The standard InChI is InChI=1S/C19H20NO/c1-14-20(18-9-3-2-4-10-18)13-17-11-15-7-5-6-8-16(15)12-19(17)21-14/h2-4,9-14H,5-8H2,1H3/q+1. The van der Waals surface area contributed by atoms with Crippen molar-refractivity contribution in [2.45, 2.75) is 38.8 Å². The van der Waals surface area contributed by atoms with Gasteiger partial charge in [0.05, 0.1) is 5.56 Å². The lowest BCUT2D eigenvalue weighted by Crippen LogP contribution is -2.30. The van der Waals surface area contributed by atoms with Crippen molar-refractivity contribution in [1.29, 1.82) is 0 Å². The number of hydrogen-bond donors (Lipinski definition) is 0. The zero-order valence-electron chi connectivity index (χ0n) is 12.4. The molecule has 0 saturated heterocycles. The van der Waals surface area contributed by atoms with E-state index in [-0.39, 0.29) is 6.23 Å². The van der Waals surface area contributed by atoms with Crippen LogP contribution >= 0.6 is 0 Å². The summed E-state index contributed by atoms with van der Waals surface area (Å²) >= 11 is 0. The Morgan fingerprint density at radius 1 is 1.00 bits per heavy atom. The quantitative estimate of drug-likeness (QED) is 0.716. The summed E-state index contributed by atoms with van der Waals surface area (Å²) in [4.78, 5) is 0. The van der Waals surface area contributed by atoms with Gasteiger partial charge in [-0.05, 0) is 48.9 Å². The zero-order chi connectivity index (χ0) is 14.2. The number of para-hydroxylation sites is 1. The van der Waals surface area contributed by atoms with E-state index in [2.05, 4.69) is 54.1 Å². The summed E-state index contributed by atoms with van der Waals surface area (Å²) in [6.45, 7) is 2.10. The summed E-state index contributed by atoms with van der Waals surface area (Å²) in [7, 11) is 0. The van der Waals surface area contributed by atoms with E-state index >= 15 is 0 Å². The van der Waals surface area contributed by atoms with Gasteiger partial charge in [-0.2, -0.15) is 4.58 Å². The molecule has 0 N–H and O–H groups in total. The molecule has 1 atom stereocenters. The first kappa shape index (κ1) is 12.6. The van der Waals surface area contributed by atoms with Gasteiger partial charge in [0.1, 0.15) is 5.75 Å². The van der Waals surface area contributed by atoms with Crippen LogP contribution in [0.3, 0.4) is 0 Å². The van der Waals surface area contributed by atoms with Crippen molar-refractivity contribution in [2.75, 3.05) is 0 Å². The van der Waals surface area contributed by atoms with E-state index in [1.54, 1.807) is 0 Å². The number of ether oxygens (including phenoxy) is 1. The first-order valence-corrected chi connectivity index (χ1v) is 7.82. The van der Waals surface area contributed by atoms with E-state index < -0.39 is 0 Å². The molecule has 0 bridgehead atoms. The van der Waals surface area contributed by atoms with Gasteiger partial charge >= 0.3 is 0 Å². The maximum Gasteiger partial charge on any atom is 0.299 e. The van der Waals surface area contributed by atoms with Gasteiger partial charge in [-0.3, -0.25) is 0 Å².